The number of rotatable bonds is 3. The number of hydrogen-bond acceptors (Lipinski definition) is 1. The summed E-state index contributed by atoms with van der Waals surface area (Å²) in [6.45, 7) is 0. The summed E-state index contributed by atoms with van der Waals surface area (Å²) < 4.78 is 8.09. The van der Waals surface area contributed by atoms with Crippen LogP contribution in [-0.2, 0) is 5.33 Å². The molecule has 0 atom stereocenters. The maximum absolute atomic E-state index is 5.87. The summed E-state index contributed by atoms with van der Waals surface area (Å²) in [6, 6.07) is 14.0. The first kappa shape index (κ1) is 13.4. The summed E-state index contributed by atoms with van der Waals surface area (Å²) in [5, 5.41) is 0.778. The van der Waals surface area contributed by atoms with E-state index in [9.17, 15) is 0 Å². The van der Waals surface area contributed by atoms with Crippen molar-refractivity contribution in [3.63, 3.8) is 0 Å². The summed E-state index contributed by atoms with van der Waals surface area (Å²) in [5.41, 5.74) is 1.13. The molecule has 0 aliphatic carbocycles. The van der Waals surface area contributed by atoms with Crippen LogP contribution in [0.4, 0.5) is 0 Å². The SMILES string of the molecule is BrCc1ccc(Br)cc1Oc1ccc(I)cc1. The molecule has 2 aromatic rings. The molecule has 0 spiro atoms. The second kappa shape index (κ2) is 6.20. The van der Waals surface area contributed by atoms with Crippen LogP contribution in [0, 0.1) is 3.57 Å². The van der Waals surface area contributed by atoms with Gasteiger partial charge in [0.2, 0.25) is 0 Å². The molecule has 0 fully saturated rings. The van der Waals surface area contributed by atoms with Gasteiger partial charge in [-0.15, -0.1) is 0 Å². The lowest BCUT2D eigenvalue weighted by Crippen LogP contribution is -1.89. The lowest BCUT2D eigenvalue weighted by Gasteiger charge is -2.10. The predicted octanol–water partition coefficient (Wildman–Crippen LogP) is 5.74. The molecule has 2 rings (SSSR count). The molecule has 0 aromatic heterocycles. The average Bonchev–Trinajstić information content (AvgIpc) is 2.32. The van der Waals surface area contributed by atoms with Crippen molar-refractivity contribution < 1.29 is 4.74 Å². The Morgan fingerprint density at radius 3 is 2.41 bits per heavy atom. The number of alkyl halides is 1. The standard InChI is InChI=1S/C13H9Br2IO/c14-8-9-1-2-10(15)7-13(9)17-12-5-3-11(16)4-6-12/h1-7H,8H2. The van der Waals surface area contributed by atoms with E-state index in [2.05, 4.69) is 54.5 Å². The summed E-state index contributed by atoms with van der Waals surface area (Å²) >= 11 is 9.19. The third kappa shape index (κ3) is 3.69. The van der Waals surface area contributed by atoms with Crippen LogP contribution >= 0.6 is 54.5 Å². The summed E-state index contributed by atoms with van der Waals surface area (Å²) in [4.78, 5) is 0. The van der Waals surface area contributed by atoms with Crippen LogP contribution in [0.15, 0.2) is 46.9 Å². The third-order valence-electron chi connectivity index (χ3n) is 2.21. The van der Waals surface area contributed by atoms with Crippen LogP contribution in [0.5, 0.6) is 11.5 Å². The van der Waals surface area contributed by atoms with E-state index >= 15 is 0 Å². The Kier molecular flexibility index (Phi) is 4.87. The van der Waals surface area contributed by atoms with Gasteiger partial charge in [0.15, 0.2) is 0 Å². The van der Waals surface area contributed by atoms with Gasteiger partial charge in [-0.25, -0.2) is 0 Å². The van der Waals surface area contributed by atoms with E-state index in [1.807, 2.05) is 42.5 Å². The van der Waals surface area contributed by atoms with Gasteiger partial charge in [-0.2, -0.15) is 0 Å². The van der Waals surface area contributed by atoms with Gasteiger partial charge in [-0.3, -0.25) is 0 Å². The fraction of sp³-hybridized carbons (Fsp3) is 0.0769. The maximum atomic E-state index is 5.87. The monoisotopic (exact) mass is 466 g/mol. The number of hydrogen-bond donors (Lipinski definition) is 0. The lowest BCUT2D eigenvalue weighted by atomic mass is 10.2. The molecule has 0 saturated heterocycles. The van der Waals surface area contributed by atoms with Gasteiger partial charge >= 0.3 is 0 Å². The largest absolute Gasteiger partial charge is 0.457 e. The van der Waals surface area contributed by atoms with Crippen LogP contribution in [0.1, 0.15) is 5.56 Å². The van der Waals surface area contributed by atoms with Gasteiger partial charge in [0, 0.05) is 18.9 Å². The van der Waals surface area contributed by atoms with Crippen molar-refractivity contribution in [2.75, 3.05) is 0 Å². The Balaban J connectivity index is 2.28. The summed E-state index contributed by atoms with van der Waals surface area (Å²) in [6.07, 6.45) is 0. The van der Waals surface area contributed by atoms with Crippen molar-refractivity contribution in [2.45, 2.75) is 5.33 Å². The van der Waals surface area contributed by atoms with Crippen molar-refractivity contribution in [1.29, 1.82) is 0 Å². The molecule has 0 amide bonds. The summed E-state index contributed by atoms with van der Waals surface area (Å²) in [5.74, 6) is 1.73. The first-order valence-corrected chi connectivity index (χ1v) is 7.96. The molecular weight excluding hydrogens is 459 g/mol. The van der Waals surface area contributed by atoms with E-state index in [0.717, 1.165) is 26.9 Å². The quantitative estimate of drug-likeness (QED) is 0.413. The molecule has 4 heteroatoms. The van der Waals surface area contributed by atoms with E-state index in [4.69, 9.17) is 4.74 Å². The highest BCUT2D eigenvalue weighted by Gasteiger charge is 2.05. The van der Waals surface area contributed by atoms with Crippen molar-refractivity contribution >= 4 is 54.5 Å². The molecule has 2 aromatic carbocycles. The Morgan fingerprint density at radius 1 is 1.06 bits per heavy atom. The van der Waals surface area contributed by atoms with E-state index in [0.29, 0.717) is 0 Å². The molecule has 0 unspecified atom stereocenters. The molecule has 88 valence electrons. The molecule has 17 heavy (non-hydrogen) atoms. The van der Waals surface area contributed by atoms with Gasteiger partial charge in [0.1, 0.15) is 11.5 Å². The Hall–Kier alpha value is -0.0700. The molecule has 0 saturated carbocycles. The molecule has 0 bridgehead atoms. The Morgan fingerprint density at radius 2 is 1.76 bits per heavy atom. The van der Waals surface area contributed by atoms with Crippen molar-refractivity contribution in [1.82, 2.24) is 0 Å². The molecule has 0 radical (unpaired) electrons. The zero-order valence-electron chi connectivity index (χ0n) is 8.79. The Bertz CT molecular complexity index is 511. The molecule has 0 aliphatic rings. The van der Waals surface area contributed by atoms with Gasteiger partial charge in [0.25, 0.3) is 0 Å². The van der Waals surface area contributed by atoms with Crippen LogP contribution in [-0.4, -0.2) is 0 Å². The van der Waals surface area contributed by atoms with Gasteiger partial charge in [-0.1, -0.05) is 37.9 Å². The van der Waals surface area contributed by atoms with Gasteiger partial charge in [-0.05, 0) is 59.0 Å². The second-order valence-electron chi connectivity index (χ2n) is 3.44. The van der Waals surface area contributed by atoms with Crippen LogP contribution in [0.3, 0.4) is 0 Å². The third-order valence-corrected chi connectivity index (χ3v) is 4.03. The van der Waals surface area contributed by atoms with E-state index < -0.39 is 0 Å². The highest BCUT2D eigenvalue weighted by Crippen LogP contribution is 2.30. The average molecular weight is 468 g/mol. The van der Waals surface area contributed by atoms with Crippen molar-refractivity contribution in [2.24, 2.45) is 0 Å². The predicted molar refractivity (Wildman–Crippen MR) is 86.0 cm³/mol. The fourth-order valence-electron chi connectivity index (χ4n) is 1.36. The molecule has 0 aliphatic heterocycles. The Labute approximate surface area is 131 Å². The zero-order valence-corrected chi connectivity index (χ0v) is 14.1. The van der Waals surface area contributed by atoms with E-state index in [1.165, 1.54) is 3.57 Å². The first-order valence-electron chi connectivity index (χ1n) is 4.97. The minimum absolute atomic E-state index is 0.778. The van der Waals surface area contributed by atoms with Gasteiger partial charge < -0.3 is 4.74 Å². The molecule has 0 N–H and O–H groups in total. The smallest absolute Gasteiger partial charge is 0.132 e. The van der Waals surface area contributed by atoms with Crippen molar-refractivity contribution in [3.8, 4) is 11.5 Å². The van der Waals surface area contributed by atoms with Crippen molar-refractivity contribution in [3.05, 3.63) is 56.1 Å². The molecule has 1 nitrogen and oxygen atoms in total. The number of halogens is 3. The first-order chi connectivity index (χ1) is 8.19. The van der Waals surface area contributed by atoms with E-state index in [1.54, 1.807) is 0 Å². The number of ether oxygens (including phenoxy) is 1. The topological polar surface area (TPSA) is 9.23 Å². The van der Waals surface area contributed by atoms with Crippen LogP contribution in [0.25, 0.3) is 0 Å². The van der Waals surface area contributed by atoms with Gasteiger partial charge in [0.05, 0.1) is 0 Å². The number of benzene rings is 2. The fourth-order valence-corrected chi connectivity index (χ4v) is 2.53. The highest BCUT2D eigenvalue weighted by atomic mass is 127. The normalized spacial score (nSPS) is 10.3. The molecular formula is C13H9Br2IO. The highest BCUT2D eigenvalue weighted by molar-refractivity contribution is 14.1. The van der Waals surface area contributed by atoms with E-state index in [-0.39, 0.29) is 0 Å². The summed E-state index contributed by atoms with van der Waals surface area (Å²) in [7, 11) is 0. The minimum atomic E-state index is 0.778. The van der Waals surface area contributed by atoms with Crippen LogP contribution < -0.4 is 4.74 Å². The lowest BCUT2D eigenvalue weighted by molar-refractivity contribution is 0.478. The zero-order chi connectivity index (χ0) is 12.3. The molecule has 0 heterocycles. The maximum Gasteiger partial charge on any atom is 0.132 e. The van der Waals surface area contributed by atoms with Crippen LogP contribution in [0.2, 0.25) is 0 Å². The minimum Gasteiger partial charge on any atom is -0.457 e. The second-order valence-corrected chi connectivity index (χ2v) is 6.16.